The lowest BCUT2D eigenvalue weighted by atomic mass is 10.2. The molecule has 76 valence electrons. The molecule has 0 spiro atoms. The van der Waals surface area contributed by atoms with Crippen molar-refractivity contribution >= 4 is 31.1 Å². The lowest BCUT2D eigenvalue weighted by Gasteiger charge is -2.20. The number of hydrogen-bond acceptors (Lipinski definition) is 4. The molecule has 1 rings (SSSR count). The Hall–Kier alpha value is 0.685. The molecule has 0 aromatic carbocycles. The van der Waals surface area contributed by atoms with Gasteiger partial charge in [-0.05, 0) is 37.3 Å². The normalized spacial score (nSPS) is 18.8. The first kappa shape index (κ1) is 11.8. The molecular formula is C8H18BNOS2. The molecular weight excluding hydrogens is 201 g/mol. The Balaban J connectivity index is 1.86. The predicted molar refractivity (Wildman–Crippen MR) is 64.7 cm³/mol. The molecule has 0 aromatic heterocycles. The second-order valence-electron chi connectivity index (χ2n) is 3.10. The third kappa shape index (κ3) is 5.89. The molecule has 1 aliphatic rings. The second-order valence-corrected chi connectivity index (χ2v) is 6.02. The minimum Gasteiger partial charge on any atom is -0.427 e. The fourth-order valence-electron chi connectivity index (χ4n) is 1.27. The van der Waals surface area contributed by atoms with E-state index in [0.29, 0.717) is 7.62 Å². The number of nitrogens with one attached hydrogen (secondary N) is 1. The predicted octanol–water partition coefficient (Wildman–Crippen LogP) is 1.47. The molecule has 0 radical (unpaired) electrons. The van der Waals surface area contributed by atoms with E-state index in [2.05, 4.69) is 28.8 Å². The summed E-state index contributed by atoms with van der Waals surface area (Å²) in [6.07, 6.45) is 4.01. The van der Waals surface area contributed by atoms with E-state index < -0.39 is 0 Å². The van der Waals surface area contributed by atoms with Crippen molar-refractivity contribution in [1.29, 1.82) is 0 Å². The van der Waals surface area contributed by atoms with Crippen molar-refractivity contribution in [3.8, 4) is 0 Å². The molecule has 0 saturated carbocycles. The Morgan fingerprint density at radius 3 is 2.92 bits per heavy atom. The largest absolute Gasteiger partial charge is 0.427 e. The summed E-state index contributed by atoms with van der Waals surface area (Å²) in [6.45, 7) is 1.09. The molecule has 5 heteroatoms. The zero-order valence-electron chi connectivity index (χ0n) is 8.25. The Kier molecular flexibility index (Phi) is 7.26. The van der Waals surface area contributed by atoms with Crippen LogP contribution in [-0.2, 0) is 4.65 Å². The van der Waals surface area contributed by atoms with E-state index in [1.807, 2.05) is 0 Å². The van der Waals surface area contributed by atoms with E-state index in [-0.39, 0.29) is 0 Å². The van der Waals surface area contributed by atoms with Crippen LogP contribution < -0.4 is 5.23 Å². The van der Waals surface area contributed by atoms with Crippen LogP contribution >= 0.6 is 23.5 Å². The molecule has 13 heavy (non-hydrogen) atoms. The molecule has 1 heterocycles. The van der Waals surface area contributed by atoms with Gasteiger partial charge >= 0.3 is 7.62 Å². The van der Waals surface area contributed by atoms with Gasteiger partial charge in [0.15, 0.2) is 0 Å². The molecule has 1 aliphatic heterocycles. The molecule has 0 aliphatic carbocycles. The van der Waals surface area contributed by atoms with Gasteiger partial charge in [-0.3, -0.25) is 0 Å². The van der Waals surface area contributed by atoms with Crippen LogP contribution in [0.2, 0.25) is 0 Å². The Morgan fingerprint density at radius 1 is 1.46 bits per heavy atom. The van der Waals surface area contributed by atoms with E-state index in [0.717, 1.165) is 11.1 Å². The van der Waals surface area contributed by atoms with Crippen LogP contribution in [0, 0.1) is 0 Å². The van der Waals surface area contributed by atoms with E-state index in [1.165, 1.54) is 30.8 Å². The Morgan fingerprint density at radius 2 is 2.23 bits per heavy atom. The Bertz CT molecular complexity index is 123. The quantitative estimate of drug-likeness (QED) is 0.539. The molecule has 0 bridgehead atoms. The van der Waals surface area contributed by atoms with Crippen LogP contribution in [0.25, 0.3) is 0 Å². The summed E-state index contributed by atoms with van der Waals surface area (Å²) in [5, 5.41) is 3.23. The minimum atomic E-state index is 0.685. The van der Waals surface area contributed by atoms with E-state index in [4.69, 9.17) is 4.65 Å². The Labute approximate surface area is 90.2 Å². The summed E-state index contributed by atoms with van der Waals surface area (Å²) >= 11 is 4.26. The molecule has 0 unspecified atom stereocenters. The van der Waals surface area contributed by atoms with Gasteiger partial charge in [0.25, 0.3) is 0 Å². The van der Waals surface area contributed by atoms with Gasteiger partial charge in [0, 0.05) is 7.11 Å². The number of rotatable bonds is 6. The van der Waals surface area contributed by atoms with Crippen LogP contribution in [0.5, 0.6) is 0 Å². The van der Waals surface area contributed by atoms with Gasteiger partial charge in [0.05, 0.1) is 4.58 Å². The SMILES string of the molecule is COBNCCCC1SCCCS1. The number of hydrogen-bond donors (Lipinski definition) is 1. The molecule has 0 amide bonds. The van der Waals surface area contributed by atoms with Crippen molar-refractivity contribution < 1.29 is 4.65 Å². The highest BCUT2D eigenvalue weighted by molar-refractivity contribution is 8.17. The maximum absolute atomic E-state index is 4.91. The highest BCUT2D eigenvalue weighted by Crippen LogP contribution is 2.33. The average Bonchev–Trinajstić information content (AvgIpc) is 2.19. The maximum atomic E-state index is 4.91. The molecule has 0 atom stereocenters. The first-order chi connectivity index (χ1) is 6.43. The molecule has 1 saturated heterocycles. The fourth-order valence-corrected chi connectivity index (χ4v) is 4.23. The van der Waals surface area contributed by atoms with Crippen LogP contribution in [0.3, 0.4) is 0 Å². The summed E-state index contributed by atoms with van der Waals surface area (Å²) in [4.78, 5) is 0. The summed E-state index contributed by atoms with van der Waals surface area (Å²) in [5.41, 5.74) is 0. The van der Waals surface area contributed by atoms with Gasteiger partial charge < -0.3 is 9.88 Å². The van der Waals surface area contributed by atoms with Crippen LogP contribution in [-0.4, -0.2) is 37.4 Å². The summed E-state index contributed by atoms with van der Waals surface area (Å²) in [6, 6.07) is 0. The van der Waals surface area contributed by atoms with Gasteiger partial charge in [-0.2, -0.15) is 0 Å². The third-order valence-corrected chi connectivity index (χ3v) is 5.02. The van der Waals surface area contributed by atoms with E-state index in [9.17, 15) is 0 Å². The molecule has 1 fully saturated rings. The van der Waals surface area contributed by atoms with Crippen molar-refractivity contribution in [2.45, 2.75) is 23.8 Å². The van der Waals surface area contributed by atoms with Gasteiger partial charge in [0.2, 0.25) is 0 Å². The van der Waals surface area contributed by atoms with Gasteiger partial charge in [-0.25, -0.2) is 0 Å². The van der Waals surface area contributed by atoms with Gasteiger partial charge in [-0.15, -0.1) is 23.5 Å². The van der Waals surface area contributed by atoms with Crippen molar-refractivity contribution in [3.63, 3.8) is 0 Å². The van der Waals surface area contributed by atoms with E-state index in [1.54, 1.807) is 7.11 Å². The monoisotopic (exact) mass is 219 g/mol. The fraction of sp³-hybridized carbons (Fsp3) is 1.00. The standard InChI is InChI=1S/C8H18BNOS2/c1-11-9-10-5-2-4-8-12-6-3-7-13-8/h8-10H,2-7H2,1H3. The third-order valence-electron chi connectivity index (χ3n) is 1.94. The first-order valence-electron chi connectivity index (χ1n) is 4.86. The highest BCUT2D eigenvalue weighted by atomic mass is 32.2. The summed E-state index contributed by atoms with van der Waals surface area (Å²) in [5.74, 6) is 2.73. The van der Waals surface area contributed by atoms with Crippen molar-refractivity contribution in [3.05, 3.63) is 0 Å². The lowest BCUT2D eigenvalue weighted by molar-refractivity contribution is 0.430. The van der Waals surface area contributed by atoms with Crippen LogP contribution in [0.1, 0.15) is 19.3 Å². The van der Waals surface area contributed by atoms with Gasteiger partial charge in [0.1, 0.15) is 0 Å². The number of thioether (sulfide) groups is 2. The average molecular weight is 219 g/mol. The van der Waals surface area contributed by atoms with Crippen LogP contribution in [0.15, 0.2) is 0 Å². The van der Waals surface area contributed by atoms with Crippen molar-refractivity contribution in [1.82, 2.24) is 5.23 Å². The van der Waals surface area contributed by atoms with Crippen molar-refractivity contribution in [2.75, 3.05) is 25.2 Å². The lowest BCUT2D eigenvalue weighted by Crippen LogP contribution is -2.22. The summed E-state index contributed by atoms with van der Waals surface area (Å²) in [7, 11) is 2.41. The minimum absolute atomic E-state index is 0.685. The van der Waals surface area contributed by atoms with Crippen molar-refractivity contribution in [2.24, 2.45) is 0 Å². The smallest absolute Gasteiger partial charge is 0.360 e. The first-order valence-corrected chi connectivity index (χ1v) is 6.96. The second kappa shape index (κ2) is 8.03. The van der Waals surface area contributed by atoms with E-state index >= 15 is 0 Å². The topological polar surface area (TPSA) is 21.3 Å². The zero-order chi connectivity index (χ0) is 9.36. The molecule has 0 aromatic rings. The maximum Gasteiger partial charge on any atom is 0.360 e. The van der Waals surface area contributed by atoms with Crippen LogP contribution in [0.4, 0.5) is 0 Å². The zero-order valence-corrected chi connectivity index (χ0v) is 9.88. The molecule has 1 N–H and O–H groups in total. The highest BCUT2D eigenvalue weighted by Gasteiger charge is 2.13. The van der Waals surface area contributed by atoms with Gasteiger partial charge in [-0.1, -0.05) is 0 Å². The molecule has 2 nitrogen and oxygen atoms in total. The summed E-state index contributed by atoms with van der Waals surface area (Å²) < 4.78 is 5.77.